The van der Waals surface area contributed by atoms with Gasteiger partial charge in [-0.1, -0.05) is 30.3 Å². The molecule has 0 aliphatic carbocycles. The summed E-state index contributed by atoms with van der Waals surface area (Å²) >= 11 is 0. The number of rotatable bonds is 1. The van der Waals surface area contributed by atoms with Crippen molar-refractivity contribution < 1.29 is 9.59 Å². The molecular weight excluding hydrogens is 132 g/mol. The Morgan fingerprint density at radius 2 is 1.56 bits per heavy atom. The van der Waals surface area contributed by atoms with Crippen LogP contribution in [0.3, 0.4) is 0 Å². The lowest BCUT2D eigenvalue weighted by molar-refractivity contribution is 0.426. The van der Waals surface area contributed by atoms with Gasteiger partial charge in [0.15, 0.2) is 0 Å². The third-order valence-corrected chi connectivity index (χ3v) is 1.88. The number of hydrogen-bond acceptors (Lipinski definition) is 2. The van der Waals surface area contributed by atoms with Crippen LogP contribution in [-0.2, 0) is 0 Å². The van der Waals surface area contributed by atoms with Gasteiger partial charge in [0.1, 0.15) is 0 Å². The van der Waals surface area contributed by atoms with Crippen LogP contribution in [0.4, 0.5) is 0 Å². The highest BCUT2D eigenvalue weighted by atomic mass is 28.3. The maximum atomic E-state index is 8.68. The average Bonchev–Trinajstić information content (AvgIpc) is 1.90. The van der Waals surface area contributed by atoms with Crippen LogP contribution in [0.25, 0.3) is 0 Å². The summed E-state index contributed by atoms with van der Waals surface area (Å²) in [6.45, 7) is 0. The Morgan fingerprint density at radius 3 is 1.89 bits per heavy atom. The SMILES string of the molecule is O[Si](O)c1ccccc1. The van der Waals surface area contributed by atoms with Gasteiger partial charge in [0.25, 0.3) is 0 Å². The van der Waals surface area contributed by atoms with E-state index in [4.69, 9.17) is 9.59 Å². The standard InChI is InChI=1S/C6H7O2Si/c7-9(8)6-4-2-1-3-5-6/h1-5,7-8H. The molecule has 1 radical (unpaired) electrons. The van der Waals surface area contributed by atoms with Crippen molar-refractivity contribution in [2.24, 2.45) is 0 Å². The van der Waals surface area contributed by atoms with Crippen LogP contribution in [-0.4, -0.2) is 18.9 Å². The lowest BCUT2D eigenvalue weighted by atomic mass is 10.4. The first-order valence-corrected chi connectivity index (χ1v) is 4.00. The molecule has 0 aromatic heterocycles. The minimum Gasteiger partial charge on any atom is -0.406 e. The number of benzene rings is 1. The largest absolute Gasteiger partial charge is 0.417 e. The van der Waals surface area contributed by atoms with E-state index in [1.165, 1.54) is 0 Å². The second-order valence-electron chi connectivity index (χ2n) is 1.69. The van der Waals surface area contributed by atoms with Crippen molar-refractivity contribution in [2.75, 3.05) is 0 Å². The summed E-state index contributed by atoms with van der Waals surface area (Å²) in [6.07, 6.45) is 0. The highest BCUT2D eigenvalue weighted by Gasteiger charge is 2.05. The molecule has 3 heteroatoms. The molecular formula is C6H7O2Si. The summed E-state index contributed by atoms with van der Waals surface area (Å²) in [4.78, 5) is 17.4. The quantitative estimate of drug-likeness (QED) is 0.508. The molecule has 0 unspecified atom stereocenters. The van der Waals surface area contributed by atoms with Gasteiger partial charge in [0.2, 0.25) is 0 Å². The normalized spacial score (nSPS) is 10.1. The van der Waals surface area contributed by atoms with E-state index in [9.17, 15) is 0 Å². The molecule has 0 saturated carbocycles. The lowest BCUT2D eigenvalue weighted by Crippen LogP contribution is -2.29. The summed E-state index contributed by atoms with van der Waals surface area (Å²) in [5, 5.41) is 0.627. The molecule has 0 atom stereocenters. The van der Waals surface area contributed by atoms with Crippen molar-refractivity contribution in [3.05, 3.63) is 30.3 Å². The smallest absolute Gasteiger partial charge is 0.406 e. The van der Waals surface area contributed by atoms with Crippen LogP contribution in [0, 0.1) is 0 Å². The summed E-state index contributed by atoms with van der Waals surface area (Å²) in [5.41, 5.74) is 0. The monoisotopic (exact) mass is 139 g/mol. The van der Waals surface area contributed by atoms with Gasteiger partial charge >= 0.3 is 9.28 Å². The van der Waals surface area contributed by atoms with E-state index in [1.807, 2.05) is 6.07 Å². The van der Waals surface area contributed by atoms with Crippen molar-refractivity contribution in [3.8, 4) is 0 Å². The fraction of sp³-hybridized carbons (Fsp3) is 0. The molecule has 0 aliphatic rings. The summed E-state index contributed by atoms with van der Waals surface area (Å²) in [7, 11) is -2.21. The average molecular weight is 139 g/mol. The molecule has 0 saturated heterocycles. The molecule has 2 nitrogen and oxygen atoms in total. The zero-order valence-electron chi connectivity index (χ0n) is 4.78. The van der Waals surface area contributed by atoms with Crippen LogP contribution in [0.1, 0.15) is 0 Å². The summed E-state index contributed by atoms with van der Waals surface area (Å²) in [6, 6.07) is 8.82. The fourth-order valence-electron chi connectivity index (χ4n) is 0.587. The van der Waals surface area contributed by atoms with Gasteiger partial charge in [-0.25, -0.2) is 0 Å². The molecule has 1 aromatic rings. The summed E-state index contributed by atoms with van der Waals surface area (Å²) in [5.74, 6) is 0. The first kappa shape index (κ1) is 6.48. The molecule has 0 amide bonds. The highest BCUT2D eigenvalue weighted by Crippen LogP contribution is 1.82. The van der Waals surface area contributed by atoms with Crippen molar-refractivity contribution in [1.29, 1.82) is 0 Å². The third kappa shape index (κ3) is 1.64. The molecule has 1 rings (SSSR count). The molecule has 9 heavy (non-hydrogen) atoms. The topological polar surface area (TPSA) is 40.5 Å². The van der Waals surface area contributed by atoms with E-state index in [2.05, 4.69) is 0 Å². The molecule has 0 bridgehead atoms. The molecule has 0 spiro atoms. The van der Waals surface area contributed by atoms with Gasteiger partial charge in [-0.15, -0.1) is 0 Å². The molecule has 0 fully saturated rings. The molecule has 1 aromatic carbocycles. The molecule has 0 heterocycles. The predicted octanol–water partition coefficient (Wildman–Crippen LogP) is -0.634. The third-order valence-electron chi connectivity index (χ3n) is 1.03. The minimum absolute atomic E-state index is 0.627. The Hall–Kier alpha value is -0.643. The van der Waals surface area contributed by atoms with Crippen molar-refractivity contribution in [1.82, 2.24) is 0 Å². The predicted molar refractivity (Wildman–Crippen MR) is 36.3 cm³/mol. The Balaban J connectivity index is 2.85. The number of hydrogen-bond donors (Lipinski definition) is 2. The highest BCUT2D eigenvalue weighted by molar-refractivity contribution is 6.58. The van der Waals surface area contributed by atoms with Crippen molar-refractivity contribution >= 4 is 14.5 Å². The fourth-order valence-corrected chi connectivity index (χ4v) is 1.08. The first-order valence-electron chi connectivity index (χ1n) is 2.61. The maximum Gasteiger partial charge on any atom is 0.417 e. The maximum absolute atomic E-state index is 8.68. The Kier molecular flexibility index (Phi) is 1.99. The van der Waals surface area contributed by atoms with E-state index in [0.29, 0.717) is 5.19 Å². The van der Waals surface area contributed by atoms with Crippen LogP contribution in [0.5, 0.6) is 0 Å². The van der Waals surface area contributed by atoms with E-state index in [-0.39, 0.29) is 0 Å². The van der Waals surface area contributed by atoms with Gasteiger partial charge in [-0.05, 0) is 5.19 Å². The van der Waals surface area contributed by atoms with Gasteiger partial charge in [0, 0.05) is 0 Å². The Bertz CT molecular complexity index is 174. The minimum atomic E-state index is -2.21. The van der Waals surface area contributed by atoms with Gasteiger partial charge in [0.05, 0.1) is 0 Å². The van der Waals surface area contributed by atoms with E-state index in [0.717, 1.165) is 0 Å². The van der Waals surface area contributed by atoms with Crippen LogP contribution in [0.15, 0.2) is 30.3 Å². The Morgan fingerprint density at radius 1 is 1.00 bits per heavy atom. The second kappa shape index (κ2) is 2.77. The van der Waals surface area contributed by atoms with Gasteiger partial charge in [-0.2, -0.15) is 0 Å². The van der Waals surface area contributed by atoms with Crippen molar-refractivity contribution in [2.45, 2.75) is 0 Å². The zero-order valence-corrected chi connectivity index (χ0v) is 5.78. The Labute approximate surface area is 55.2 Å². The van der Waals surface area contributed by atoms with Crippen LogP contribution in [0.2, 0.25) is 0 Å². The molecule has 2 N–H and O–H groups in total. The van der Waals surface area contributed by atoms with Crippen molar-refractivity contribution in [3.63, 3.8) is 0 Å². The van der Waals surface area contributed by atoms with E-state index < -0.39 is 9.28 Å². The molecule has 47 valence electrons. The van der Waals surface area contributed by atoms with Crippen LogP contribution < -0.4 is 5.19 Å². The van der Waals surface area contributed by atoms with E-state index in [1.54, 1.807) is 24.3 Å². The molecule has 0 aliphatic heterocycles. The zero-order chi connectivity index (χ0) is 6.69. The van der Waals surface area contributed by atoms with Gasteiger partial charge < -0.3 is 9.59 Å². The van der Waals surface area contributed by atoms with Gasteiger partial charge in [-0.3, -0.25) is 0 Å². The van der Waals surface area contributed by atoms with Crippen LogP contribution >= 0.6 is 0 Å². The second-order valence-corrected chi connectivity index (χ2v) is 2.91. The first-order chi connectivity index (χ1) is 4.30. The van der Waals surface area contributed by atoms with E-state index >= 15 is 0 Å². The summed E-state index contributed by atoms with van der Waals surface area (Å²) < 4.78 is 0. The lowest BCUT2D eigenvalue weighted by Gasteiger charge is -1.95.